The van der Waals surface area contributed by atoms with E-state index >= 15 is 0 Å². The Hall–Kier alpha value is 0.150. The molecule has 3 nitrogen and oxygen atoms in total. The summed E-state index contributed by atoms with van der Waals surface area (Å²) in [5, 5.41) is 0. The van der Waals surface area contributed by atoms with Crippen LogP contribution < -0.4 is 9.79 Å². The average molecular weight is 206 g/mol. The zero-order valence-electron chi connectivity index (χ0n) is 8.82. The van der Waals surface area contributed by atoms with Gasteiger partial charge in [0.2, 0.25) is 0 Å². The van der Waals surface area contributed by atoms with Crippen LogP contribution >= 0.6 is 7.60 Å². The minimum Gasteiger partial charge on any atom is -0.811 e. The molecule has 0 rings (SSSR count). The summed E-state index contributed by atoms with van der Waals surface area (Å²) in [6.07, 6.45) is 0.977. The van der Waals surface area contributed by atoms with Crippen LogP contribution in [0.5, 0.6) is 0 Å². The molecule has 0 amide bonds. The van der Waals surface area contributed by atoms with Gasteiger partial charge in [0.1, 0.15) is 0 Å². The van der Waals surface area contributed by atoms with Crippen LogP contribution in [0, 0.1) is 11.8 Å². The van der Waals surface area contributed by atoms with Crippen molar-refractivity contribution in [3.8, 4) is 0 Å². The molecule has 0 aliphatic rings. The van der Waals surface area contributed by atoms with Gasteiger partial charge in [-0.15, -0.1) is 0 Å². The number of rotatable bonds is 5. The van der Waals surface area contributed by atoms with Crippen molar-refractivity contribution in [2.45, 2.75) is 46.2 Å². The van der Waals surface area contributed by atoms with Gasteiger partial charge in [-0.25, -0.2) is 0 Å². The van der Waals surface area contributed by atoms with E-state index in [1.165, 1.54) is 0 Å². The first kappa shape index (κ1) is 13.2. The van der Waals surface area contributed by atoms with Crippen LogP contribution in [-0.4, -0.2) is 5.66 Å². The summed E-state index contributed by atoms with van der Waals surface area (Å²) in [6, 6.07) is 0. The molecule has 0 N–H and O–H groups in total. The summed E-state index contributed by atoms with van der Waals surface area (Å²) in [4.78, 5) is 21.7. The monoisotopic (exact) mass is 206 g/mol. The predicted octanol–water partition coefficient (Wildman–Crippen LogP) is 1.36. The first-order valence-electron chi connectivity index (χ1n) is 4.75. The largest absolute Gasteiger partial charge is 0.811 e. The Morgan fingerprint density at radius 2 is 1.31 bits per heavy atom. The maximum Gasteiger partial charge on any atom is -0.0129 e. The fraction of sp³-hybridized carbons (Fsp3) is 1.00. The van der Waals surface area contributed by atoms with Crippen molar-refractivity contribution in [2.75, 3.05) is 0 Å². The lowest BCUT2D eigenvalue weighted by Crippen LogP contribution is -2.28. The molecule has 13 heavy (non-hydrogen) atoms. The Morgan fingerprint density at radius 1 is 1.00 bits per heavy atom. The molecule has 0 aromatic heterocycles. The van der Waals surface area contributed by atoms with Gasteiger partial charge in [-0.2, -0.15) is 0 Å². The van der Waals surface area contributed by atoms with E-state index in [9.17, 15) is 14.4 Å². The molecular formula is C9H19O3P-2. The highest BCUT2D eigenvalue weighted by molar-refractivity contribution is 7.49. The van der Waals surface area contributed by atoms with E-state index in [0.29, 0.717) is 12.8 Å². The third-order valence-electron chi connectivity index (χ3n) is 1.93. The summed E-state index contributed by atoms with van der Waals surface area (Å²) in [5.41, 5.74) is -0.674. The lowest BCUT2D eigenvalue weighted by molar-refractivity contribution is -0.317. The van der Waals surface area contributed by atoms with Crippen LogP contribution in [0.3, 0.4) is 0 Å². The van der Waals surface area contributed by atoms with Gasteiger partial charge in [-0.05, 0) is 30.3 Å². The summed E-state index contributed by atoms with van der Waals surface area (Å²) in [5.74, 6) is 0.528. The molecule has 0 unspecified atom stereocenters. The van der Waals surface area contributed by atoms with Gasteiger partial charge in [-0.1, -0.05) is 35.3 Å². The third kappa shape index (κ3) is 6.25. The van der Waals surface area contributed by atoms with Gasteiger partial charge in [0, 0.05) is 0 Å². The van der Waals surface area contributed by atoms with E-state index in [4.69, 9.17) is 0 Å². The molecule has 0 aliphatic heterocycles. The quantitative estimate of drug-likeness (QED) is 0.638. The molecule has 0 bridgehead atoms. The fourth-order valence-corrected chi connectivity index (χ4v) is 2.80. The van der Waals surface area contributed by atoms with Crippen molar-refractivity contribution in [1.82, 2.24) is 0 Å². The Kier molecular flexibility index (Phi) is 5.19. The highest BCUT2D eigenvalue weighted by Crippen LogP contribution is 2.39. The van der Waals surface area contributed by atoms with Crippen LogP contribution in [0.2, 0.25) is 0 Å². The van der Waals surface area contributed by atoms with Gasteiger partial charge in [0.25, 0.3) is 0 Å². The van der Waals surface area contributed by atoms with E-state index in [1.54, 1.807) is 0 Å². The Morgan fingerprint density at radius 3 is 1.46 bits per heavy atom. The SMILES string of the molecule is CC(C)CC(CC(C)C)P(=O)([O-])[O-]. The zero-order chi connectivity index (χ0) is 10.6. The molecule has 0 saturated heterocycles. The smallest absolute Gasteiger partial charge is 0.0129 e. The van der Waals surface area contributed by atoms with Gasteiger partial charge >= 0.3 is 0 Å². The molecule has 80 valence electrons. The minimum absolute atomic E-state index is 0.264. The first-order valence-corrected chi connectivity index (χ1v) is 6.36. The predicted molar refractivity (Wildman–Crippen MR) is 50.3 cm³/mol. The van der Waals surface area contributed by atoms with Gasteiger partial charge in [0.15, 0.2) is 0 Å². The topological polar surface area (TPSA) is 63.2 Å². The number of hydrogen-bond acceptors (Lipinski definition) is 3. The standard InChI is InChI=1S/C9H21O3P/c1-7(2)5-9(6-8(3)4)13(10,11)12/h7-9H,5-6H2,1-4H3,(H2,10,11,12)/p-2. The summed E-state index contributed by atoms with van der Waals surface area (Å²) >= 11 is 0. The molecule has 0 atom stereocenters. The fourth-order valence-electron chi connectivity index (χ4n) is 1.44. The molecule has 0 saturated carbocycles. The van der Waals surface area contributed by atoms with E-state index < -0.39 is 13.3 Å². The highest BCUT2D eigenvalue weighted by Gasteiger charge is 2.15. The van der Waals surface area contributed by atoms with Crippen molar-refractivity contribution in [3.05, 3.63) is 0 Å². The normalized spacial score (nSPS) is 13.3. The van der Waals surface area contributed by atoms with Crippen LogP contribution in [0.1, 0.15) is 40.5 Å². The van der Waals surface area contributed by atoms with Crippen LogP contribution in [0.4, 0.5) is 0 Å². The molecule has 0 heterocycles. The lowest BCUT2D eigenvalue weighted by atomic mass is 10.0. The second-order valence-electron chi connectivity index (χ2n) is 4.45. The minimum atomic E-state index is -4.38. The van der Waals surface area contributed by atoms with Crippen molar-refractivity contribution in [1.29, 1.82) is 0 Å². The van der Waals surface area contributed by atoms with E-state index in [-0.39, 0.29) is 11.8 Å². The molecule has 0 aromatic rings. The Balaban J connectivity index is 4.29. The maximum absolute atomic E-state index is 10.9. The van der Waals surface area contributed by atoms with Crippen molar-refractivity contribution >= 4 is 7.60 Å². The lowest BCUT2D eigenvalue weighted by Gasteiger charge is -2.40. The second-order valence-corrected chi connectivity index (χ2v) is 6.26. The van der Waals surface area contributed by atoms with Crippen LogP contribution in [0.15, 0.2) is 0 Å². The van der Waals surface area contributed by atoms with Crippen LogP contribution in [0.25, 0.3) is 0 Å². The van der Waals surface area contributed by atoms with Gasteiger partial charge in [0.05, 0.1) is 0 Å². The van der Waals surface area contributed by atoms with E-state index in [1.807, 2.05) is 27.7 Å². The molecule has 0 radical (unpaired) electrons. The molecule has 0 spiro atoms. The molecule has 0 aromatic carbocycles. The van der Waals surface area contributed by atoms with Crippen LogP contribution in [-0.2, 0) is 4.57 Å². The summed E-state index contributed by atoms with van der Waals surface area (Å²) < 4.78 is 10.9. The molecule has 0 aliphatic carbocycles. The summed E-state index contributed by atoms with van der Waals surface area (Å²) in [7, 11) is -4.38. The average Bonchev–Trinajstić information content (AvgIpc) is 1.81. The Bertz CT molecular complexity index is 173. The van der Waals surface area contributed by atoms with Crippen molar-refractivity contribution in [3.63, 3.8) is 0 Å². The zero-order valence-corrected chi connectivity index (χ0v) is 9.71. The third-order valence-corrected chi connectivity index (χ3v) is 3.25. The molecule has 4 heteroatoms. The first-order chi connectivity index (χ1) is 5.73. The van der Waals surface area contributed by atoms with Crippen molar-refractivity contribution < 1.29 is 14.4 Å². The van der Waals surface area contributed by atoms with Gasteiger partial charge < -0.3 is 14.4 Å². The van der Waals surface area contributed by atoms with E-state index in [0.717, 1.165) is 0 Å². The molecule has 0 fully saturated rings. The Labute approximate surface area is 80.7 Å². The maximum atomic E-state index is 10.9. The second kappa shape index (κ2) is 5.14. The molecular weight excluding hydrogens is 187 g/mol. The highest BCUT2D eigenvalue weighted by atomic mass is 31.2. The summed E-state index contributed by atoms with van der Waals surface area (Å²) in [6.45, 7) is 7.73. The van der Waals surface area contributed by atoms with Crippen molar-refractivity contribution in [2.24, 2.45) is 11.8 Å². The van der Waals surface area contributed by atoms with Gasteiger partial charge in [-0.3, -0.25) is 0 Å². The van der Waals surface area contributed by atoms with E-state index in [2.05, 4.69) is 0 Å². The number of hydrogen-bond donors (Lipinski definition) is 0.